The minimum Gasteiger partial charge on any atom is -0.497 e. The van der Waals surface area contributed by atoms with Gasteiger partial charge in [0.25, 0.3) is 0 Å². The standard InChI is InChI=1S/C18H17F3N2O3.C2HF3O2/c1-25-9-2-3-12-10(6-9)13-11-7-17(11)4-5-23(17)15(14(13)22-12)16(24)26-8-18(19,20)21;3-2(4,5)1(6)7/h2-3,6,11,15,22H,4-5,7-8H2,1H3;(H,6,7). The Morgan fingerprint density at radius 2 is 1.91 bits per heavy atom. The molecule has 0 amide bonds. The number of nitrogens with zero attached hydrogens (tertiary/aromatic N) is 1. The van der Waals surface area contributed by atoms with Crippen molar-refractivity contribution < 1.29 is 50.5 Å². The number of esters is 1. The number of carbonyl (C=O) groups excluding carboxylic acids is 1. The SMILES string of the molecule is COc1ccc2[nH]c3c(c2c1)C1CC12CCN2C3C(=O)OCC(F)(F)F.O=C(O)C(F)(F)F. The number of rotatable bonds is 3. The van der Waals surface area contributed by atoms with E-state index in [4.69, 9.17) is 14.6 Å². The van der Waals surface area contributed by atoms with Crippen molar-refractivity contribution in [1.29, 1.82) is 0 Å². The van der Waals surface area contributed by atoms with Crippen LogP contribution in [0, 0.1) is 0 Å². The van der Waals surface area contributed by atoms with E-state index in [-0.39, 0.29) is 5.54 Å². The number of carboxylic acids is 1. The van der Waals surface area contributed by atoms with E-state index in [9.17, 15) is 31.1 Å². The number of carbonyl (C=O) groups is 2. The molecule has 0 bridgehead atoms. The Morgan fingerprint density at radius 3 is 2.42 bits per heavy atom. The molecule has 1 aliphatic carbocycles. The molecule has 2 aliphatic heterocycles. The molecule has 1 aromatic carbocycles. The molecule has 0 radical (unpaired) electrons. The van der Waals surface area contributed by atoms with E-state index in [1.165, 1.54) is 0 Å². The van der Waals surface area contributed by atoms with Gasteiger partial charge in [0.15, 0.2) is 6.61 Å². The summed E-state index contributed by atoms with van der Waals surface area (Å²) in [5.41, 5.74) is 2.46. The molecule has 2 aromatic rings. The highest BCUT2D eigenvalue weighted by atomic mass is 19.4. The van der Waals surface area contributed by atoms with E-state index >= 15 is 0 Å². The van der Waals surface area contributed by atoms with Crippen molar-refractivity contribution in [2.75, 3.05) is 20.3 Å². The second-order valence-electron chi connectivity index (χ2n) is 8.10. The number of aliphatic carboxylic acids is 1. The van der Waals surface area contributed by atoms with E-state index in [0.717, 1.165) is 29.3 Å². The molecule has 2 fully saturated rings. The van der Waals surface area contributed by atoms with E-state index in [1.807, 2.05) is 23.1 Å². The zero-order valence-corrected chi connectivity index (χ0v) is 17.0. The Bertz CT molecular complexity index is 1110. The van der Waals surface area contributed by atoms with E-state index < -0.39 is 36.9 Å². The summed E-state index contributed by atoms with van der Waals surface area (Å²) in [4.78, 5) is 26.7. The number of hydrogen-bond donors (Lipinski definition) is 2. The Labute approximate surface area is 182 Å². The van der Waals surface area contributed by atoms with Gasteiger partial charge in [-0.05, 0) is 36.6 Å². The molecule has 13 heteroatoms. The van der Waals surface area contributed by atoms with Crippen molar-refractivity contribution >= 4 is 22.8 Å². The first kappa shape index (κ1) is 23.2. The Balaban J connectivity index is 0.000000325. The second-order valence-corrected chi connectivity index (χ2v) is 8.10. The second kappa shape index (κ2) is 7.54. The molecule has 33 heavy (non-hydrogen) atoms. The number of benzene rings is 1. The van der Waals surface area contributed by atoms with E-state index in [0.29, 0.717) is 23.9 Å². The molecular weight excluding hydrogens is 462 g/mol. The van der Waals surface area contributed by atoms with Crippen LogP contribution in [0.1, 0.15) is 36.1 Å². The van der Waals surface area contributed by atoms with Crippen LogP contribution in [0.15, 0.2) is 18.2 Å². The molecule has 2 N–H and O–H groups in total. The highest BCUT2D eigenvalue weighted by Gasteiger charge is 2.70. The van der Waals surface area contributed by atoms with Gasteiger partial charge in [-0.15, -0.1) is 0 Å². The summed E-state index contributed by atoms with van der Waals surface area (Å²) in [7, 11) is 1.59. The van der Waals surface area contributed by atoms with Crippen LogP contribution in [0.4, 0.5) is 26.3 Å². The van der Waals surface area contributed by atoms with Crippen LogP contribution in [0.2, 0.25) is 0 Å². The maximum absolute atomic E-state index is 12.5. The maximum Gasteiger partial charge on any atom is 0.490 e. The van der Waals surface area contributed by atoms with Gasteiger partial charge in [0.05, 0.1) is 7.11 Å². The first-order valence-electron chi connectivity index (χ1n) is 9.78. The smallest absolute Gasteiger partial charge is 0.490 e. The largest absolute Gasteiger partial charge is 0.497 e. The summed E-state index contributed by atoms with van der Waals surface area (Å²) in [6.45, 7) is -0.865. The third kappa shape index (κ3) is 3.98. The van der Waals surface area contributed by atoms with Gasteiger partial charge in [0.1, 0.15) is 11.8 Å². The summed E-state index contributed by atoms with van der Waals surface area (Å²) < 4.78 is 79.1. The van der Waals surface area contributed by atoms with Crippen molar-refractivity contribution in [3.05, 3.63) is 29.5 Å². The third-order valence-corrected chi connectivity index (χ3v) is 6.26. The number of ether oxygens (including phenoxy) is 2. The van der Waals surface area contributed by atoms with Crippen LogP contribution in [-0.2, 0) is 14.3 Å². The Hall–Kier alpha value is -2.96. The number of alkyl halides is 6. The van der Waals surface area contributed by atoms with Crippen molar-refractivity contribution in [1.82, 2.24) is 9.88 Å². The number of aromatic amines is 1. The van der Waals surface area contributed by atoms with Gasteiger partial charge in [0, 0.05) is 34.6 Å². The predicted octanol–water partition coefficient (Wildman–Crippen LogP) is 3.90. The molecule has 1 aromatic heterocycles. The molecule has 180 valence electrons. The van der Waals surface area contributed by atoms with Crippen LogP contribution in [0.5, 0.6) is 5.75 Å². The average Bonchev–Trinajstić information content (AvgIpc) is 3.37. The van der Waals surface area contributed by atoms with Gasteiger partial charge >= 0.3 is 24.3 Å². The third-order valence-electron chi connectivity index (χ3n) is 6.26. The van der Waals surface area contributed by atoms with Crippen LogP contribution in [0.3, 0.4) is 0 Å². The number of nitrogens with one attached hydrogen (secondary N) is 1. The van der Waals surface area contributed by atoms with Crippen molar-refractivity contribution in [3.8, 4) is 5.75 Å². The Morgan fingerprint density at radius 1 is 1.24 bits per heavy atom. The van der Waals surface area contributed by atoms with Gasteiger partial charge in [-0.1, -0.05) is 0 Å². The normalized spacial score (nSPS) is 25.5. The fourth-order valence-electron chi connectivity index (χ4n) is 4.74. The summed E-state index contributed by atoms with van der Waals surface area (Å²) >= 11 is 0. The fourth-order valence-corrected chi connectivity index (χ4v) is 4.74. The molecule has 1 spiro atoms. The number of H-pyrrole nitrogens is 1. The molecule has 3 heterocycles. The minimum atomic E-state index is -5.08. The molecule has 7 nitrogen and oxygen atoms in total. The molecule has 1 saturated heterocycles. The molecule has 3 aliphatic rings. The van der Waals surface area contributed by atoms with Crippen LogP contribution in [-0.4, -0.2) is 65.1 Å². The first-order chi connectivity index (χ1) is 15.3. The lowest BCUT2D eigenvalue weighted by atomic mass is 9.84. The zero-order chi connectivity index (χ0) is 24.3. The topological polar surface area (TPSA) is 91.9 Å². The number of methoxy groups -OCH3 is 1. The van der Waals surface area contributed by atoms with Crippen LogP contribution in [0.25, 0.3) is 10.9 Å². The van der Waals surface area contributed by atoms with Crippen LogP contribution >= 0.6 is 0 Å². The van der Waals surface area contributed by atoms with Gasteiger partial charge in [-0.3, -0.25) is 4.90 Å². The maximum atomic E-state index is 12.5. The van der Waals surface area contributed by atoms with E-state index in [1.54, 1.807) is 7.11 Å². The summed E-state index contributed by atoms with van der Waals surface area (Å²) in [5, 5.41) is 8.10. The quantitative estimate of drug-likeness (QED) is 0.512. The van der Waals surface area contributed by atoms with Gasteiger partial charge in [0.2, 0.25) is 0 Å². The van der Waals surface area contributed by atoms with Gasteiger partial charge in [-0.25, -0.2) is 9.59 Å². The molecule has 5 rings (SSSR count). The number of carboxylic acid groups (broad SMARTS) is 1. The first-order valence-corrected chi connectivity index (χ1v) is 9.78. The molecule has 3 unspecified atom stereocenters. The van der Waals surface area contributed by atoms with Crippen LogP contribution < -0.4 is 4.74 Å². The molecule has 3 atom stereocenters. The van der Waals surface area contributed by atoms with Gasteiger partial charge in [-0.2, -0.15) is 26.3 Å². The number of fused-ring (bicyclic) bond motifs is 4. The summed E-state index contributed by atoms with van der Waals surface area (Å²) in [6, 6.07) is 4.80. The van der Waals surface area contributed by atoms with Crippen molar-refractivity contribution in [2.24, 2.45) is 0 Å². The lowest BCUT2D eigenvalue weighted by Gasteiger charge is -2.49. The number of aromatic nitrogens is 1. The lowest BCUT2D eigenvalue weighted by molar-refractivity contribution is -0.193. The highest BCUT2D eigenvalue weighted by molar-refractivity contribution is 5.91. The van der Waals surface area contributed by atoms with E-state index in [2.05, 4.69) is 9.72 Å². The predicted molar refractivity (Wildman–Crippen MR) is 99.7 cm³/mol. The minimum absolute atomic E-state index is 0.0902. The highest BCUT2D eigenvalue weighted by Crippen LogP contribution is 2.69. The van der Waals surface area contributed by atoms with Crippen molar-refractivity contribution in [3.63, 3.8) is 0 Å². The zero-order valence-electron chi connectivity index (χ0n) is 17.0. The summed E-state index contributed by atoms with van der Waals surface area (Å²) in [5.74, 6) is -2.58. The summed E-state index contributed by atoms with van der Waals surface area (Å²) in [6.07, 6.45) is -7.74. The average molecular weight is 480 g/mol. The van der Waals surface area contributed by atoms with Gasteiger partial charge < -0.3 is 19.6 Å². The lowest BCUT2D eigenvalue weighted by Crippen LogP contribution is -2.57. The monoisotopic (exact) mass is 480 g/mol. The van der Waals surface area contributed by atoms with Crippen molar-refractivity contribution in [2.45, 2.75) is 42.7 Å². The number of hydrogen-bond acceptors (Lipinski definition) is 5. The number of halogens is 6. The fraction of sp³-hybridized carbons (Fsp3) is 0.500. The molecule has 1 saturated carbocycles. The molecular formula is C20H18F6N2O5. The Kier molecular flexibility index (Phi) is 5.30.